The van der Waals surface area contributed by atoms with Crippen LogP contribution in [0.1, 0.15) is 5.56 Å². The number of ether oxygens (including phenoxy) is 2. The molecule has 1 aromatic rings. The molecule has 1 aliphatic rings. The molecule has 102 valence electrons. The number of nitrogens with zero attached hydrogens (tertiary/aromatic N) is 1. The summed E-state index contributed by atoms with van der Waals surface area (Å²) in [5.74, 6) is 0.832. The molecule has 0 atom stereocenters. The van der Waals surface area contributed by atoms with Gasteiger partial charge in [-0.3, -0.25) is 19.8 Å². The van der Waals surface area contributed by atoms with Gasteiger partial charge in [-0.15, -0.1) is 0 Å². The molecule has 2 amide bonds. The van der Waals surface area contributed by atoms with E-state index in [4.69, 9.17) is 9.47 Å². The van der Waals surface area contributed by atoms with E-state index in [1.165, 1.54) is 0 Å². The average Bonchev–Trinajstić information content (AvgIpc) is 2.38. The third-order valence-corrected chi connectivity index (χ3v) is 2.90. The predicted molar refractivity (Wildman–Crippen MR) is 68.0 cm³/mol. The first-order valence-corrected chi connectivity index (χ1v) is 5.88. The molecule has 0 radical (unpaired) electrons. The lowest BCUT2D eigenvalue weighted by atomic mass is 10.1. The Morgan fingerprint density at radius 1 is 1.16 bits per heavy atom. The number of hydrogen-bond acceptors (Lipinski definition) is 5. The van der Waals surface area contributed by atoms with E-state index in [9.17, 15) is 9.59 Å². The zero-order valence-electron chi connectivity index (χ0n) is 10.9. The van der Waals surface area contributed by atoms with Gasteiger partial charge in [0.25, 0.3) is 0 Å². The zero-order valence-corrected chi connectivity index (χ0v) is 10.9. The summed E-state index contributed by atoms with van der Waals surface area (Å²) in [6.45, 7) is 0.897. The maximum atomic E-state index is 11.3. The van der Waals surface area contributed by atoms with Gasteiger partial charge in [0.05, 0.1) is 27.3 Å². The zero-order chi connectivity index (χ0) is 13.8. The van der Waals surface area contributed by atoms with Crippen LogP contribution in [0, 0.1) is 0 Å². The minimum Gasteiger partial charge on any atom is -0.497 e. The van der Waals surface area contributed by atoms with E-state index in [0.29, 0.717) is 18.0 Å². The highest BCUT2D eigenvalue weighted by Crippen LogP contribution is 2.25. The normalized spacial score (nSPS) is 16.1. The molecule has 1 aliphatic heterocycles. The number of carbonyl (C=O) groups excluding carboxylic acids is 2. The first-order valence-electron chi connectivity index (χ1n) is 5.88. The summed E-state index contributed by atoms with van der Waals surface area (Å²) in [6.07, 6.45) is 0. The van der Waals surface area contributed by atoms with Crippen LogP contribution in [0.3, 0.4) is 0 Å². The monoisotopic (exact) mass is 264 g/mol. The SMILES string of the molecule is COc1ccc(CN2CC(=O)NC(=O)C2)c(OC)c1. The molecule has 19 heavy (non-hydrogen) atoms. The number of methoxy groups -OCH3 is 2. The molecule has 1 N–H and O–H groups in total. The van der Waals surface area contributed by atoms with Crippen molar-refractivity contribution in [2.75, 3.05) is 27.3 Å². The molecule has 0 aromatic heterocycles. The van der Waals surface area contributed by atoms with Gasteiger partial charge < -0.3 is 9.47 Å². The van der Waals surface area contributed by atoms with Gasteiger partial charge in [0, 0.05) is 18.2 Å². The quantitative estimate of drug-likeness (QED) is 0.785. The van der Waals surface area contributed by atoms with Crippen LogP contribution in [-0.2, 0) is 16.1 Å². The highest BCUT2D eigenvalue weighted by molar-refractivity contribution is 5.99. The number of imide groups is 1. The fourth-order valence-corrected chi connectivity index (χ4v) is 2.03. The average molecular weight is 264 g/mol. The van der Waals surface area contributed by atoms with Gasteiger partial charge in [0.2, 0.25) is 11.8 Å². The molecule has 1 saturated heterocycles. The fraction of sp³-hybridized carbons (Fsp3) is 0.385. The Morgan fingerprint density at radius 3 is 2.42 bits per heavy atom. The number of amides is 2. The van der Waals surface area contributed by atoms with Crippen molar-refractivity contribution in [2.45, 2.75) is 6.54 Å². The molecule has 1 aromatic carbocycles. The number of carbonyl (C=O) groups is 2. The van der Waals surface area contributed by atoms with Crippen molar-refractivity contribution in [1.82, 2.24) is 10.2 Å². The largest absolute Gasteiger partial charge is 0.497 e. The highest BCUT2D eigenvalue weighted by atomic mass is 16.5. The molecular weight excluding hydrogens is 248 g/mol. The molecule has 1 heterocycles. The van der Waals surface area contributed by atoms with Crippen molar-refractivity contribution < 1.29 is 19.1 Å². The summed E-state index contributed by atoms with van der Waals surface area (Å²) >= 11 is 0. The Kier molecular flexibility index (Phi) is 4.01. The minimum absolute atomic E-state index is 0.209. The molecule has 2 rings (SSSR count). The maximum absolute atomic E-state index is 11.3. The number of rotatable bonds is 4. The van der Waals surface area contributed by atoms with E-state index in [1.54, 1.807) is 25.2 Å². The number of piperazine rings is 1. The lowest BCUT2D eigenvalue weighted by molar-refractivity contribution is -0.136. The molecule has 1 fully saturated rings. The second-order valence-corrected chi connectivity index (χ2v) is 4.29. The lowest BCUT2D eigenvalue weighted by Crippen LogP contribution is -2.50. The number of benzene rings is 1. The van der Waals surface area contributed by atoms with Gasteiger partial charge in [0.15, 0.2) is 0 Å². The maximum Gasteiger partial charge on any atom is 0.240 e. The Hall–Kier alpha value is -2.08. The molecule has 0 saturated carbocycles. The van der Waals surface area contributed by atoms with Crippen molar-refractivity contribution in [3.63, 3.8) is 0 Å². The van der Waals surface area contributed by atoms with E-state index < -0.39 is 0 Å². The van der Waals surface area contributed by atoms with E-state index in [2.05, 4.69) is 5.32 Å². The number of nitrogens with one attached hydrogen (secondary N) is 1. The molecule has 6 heteroatoms. The Morgan fingerprint density at radius 2 is 1.84 bits per heavy atom. The van der Waals surface area contributed by atoms with Gasteiger partial charge in [0.1, 0.15) is 11.5 Å². The number of hydrogen-bond donors (Lipinski definition) is 1. The van der Waals surface area contributed by atoms with Crippen LogP contribution in [0.4, 0.5) is 0 Å². The highest BCUT2D eigenvalue weighted by Gasteiger charge is 2.23. The molecule has 0 unspecified atom stereocenters. The van der Waals surface area contributed by atoms with E-state index >= 15 is 0 Å². The van der Waals surface area contributed by atoms with Crippen LogP contribution >= 0.6 is 0 Å². The molecule has 0 aliphatic carbocycles. The third-order valence-electron chi connectivity index (χ3n) is 2.90. The second kappa shape index (κ2) is 5.71. The van der Waals surface area contributed by atoms with Crippen molar-refractivity contribution in [2.24, 2.45) is 0 Å². The first kappa shape index (κ1) is 13.4. The standard InChI is InChI=1S/C13H16N2O4/c1-18-10-4-3-9(11(5-10)19-2)6-15-7-12(16)14-13(17)8-15/h3-5H,6-8H2,1-2H3,(H,14,16,17). The first-order chi connectivity index (χ1) is 9.12. The Labute approximate surface area is 111 Å². The predicted octanol–water partition coefficient (Wildman–Crippen LogP) is 0.162. The summed E-state index contributed by atoms with van der Waals surface area (Å²) in [6, 6.07) is 5.47. The van der Waals surface area contributed by atoms with Gasteiger partial charge in [-0.05, 0) is 6.07 Å². The fourth-order valence-electron chi connectivity index (χ4n) is 2.03. The molecule has 0 bridgehead atoms. The van der Waals surface area contributed by atoms with Crippen LogP contribution in [0.2, 0.25) is 0 Å². The van der Waals surface area contributed by atoms with Gasteiger partial charge in [-0.1, -0.05) is 6.07 Å². The third kappa shape index (κ3) is 3.23. The topological polar surface area (TPSA) is 67.9 Å². The van der Waals surface area contributed by atoms with Crippen LogP contribution < -0.4 is 14.8 Å². The van der Waals surface area contributed by atoms with E-state index in [1.807, 2.05) is 12.1 Å². The summed E-state index contributed by atoms with van der Waals surface area (Å²) in [5.41, 5.74) is 0.908. The minimum atomic E-state index is -0.274. The van der Waals surface area contributed by atoms with Crippen LogP contribution in [0.5, 0.6) is 11.5 Å². The van der Waals surface area contributed by atoms with Crippen molar-refractivity contribution >= 4 is 11.8 Å². The van der Waals surface area contributed by atoms with E-state index in [-0.39, 0.29) is 24.9 Å². The molecule has 6 nitrogen and oxygen atoms in total. The summed E-state index contributed by atoms with van der Waals surface area (Å²) in [5, 5.41) is 2.27. The summed E-state index contributed by atoms with van der Waals surface area (Å²) < 4.78 is 10.4. The van der Waals surface area contributed by atoms with Gasteiger partial charge in [-0.25, -0.2) is 0 Å². The van der Waals surface area contributed by atoms with Crippen LogP contribution in [0.25, 0.3) is 0 Å². The van der Waals surface area contributed by atoms with Crippen molar-refractivity contribution in [3.05, 3.63) is 23.8 Å². The second-order valence-electron chi connectivity index (χ2n) is 4.29. The van der Waals surface area contributed by atoms with Gasteiger partial charge >= 0.3 is 0 Å². The van der Waals surface area contributed by atoms with Crippen molar-refractivity contribution in [1.29, 1.82) is 0 Å². The molecular formula is C13H16N2O4. The Balaban J connectivity index is 2.14. The smallest absolute Gasteiger partial charge is 0.240 e. The Bertz CT molecular complexity index is 485. The van der Waals surface area contributed by atoms with Crippen molar-refractivity contribution in [3.8, 4) is 11.5 Å². The summed E-state index contributed by atoms with van der Waals surface area (Å²) in [4.78, 5) is 24.4. The van der Waals surface area contributed by atoms with Gasteiger partial charge in [-0.2, -0.15) is 0 Å². The van der Waals surface area contributed by atoms with Crippen LogP contribution in [-0.4, -0.2) is 44.0 Å². The molecule has 0 spiro atoms. The van der Waals surface area contributed by atoms with E-state index in [0.717, 1.165) is 5.56 Å². The summed E-state index contributed by atoms with van der Waals surface area (Å²) in [7, 11) is 3.16. The van der Waals surface area contributed by atoms with Crippen LogP contribution in [0.15, 0.2) is 18.2 Å². The lowest BCUT2D eigenvalue weighted by Gasteiger charge is -2.25.